The first-order valence-electron chi connectivity index (χ1n) is 7.71. The molecule has 0 spiro atoms. The van der Waals surface area contributed by atoms with Gasteiger partial charge in [-0.05, 0) is 24.6 Å². The summed E-state index contributed by atoms with van der Waals surface area (Å²) in [5.41, 5.74) is 2.33. The van der Waals surface area contributed by atoms with Gasteiger partial charge in [0.1, 0.15) is 0 Å². The van der Waals surface area contributed by atoms with E-state index in [1.54, 1.807) is 6.07 Å². The Morgan fingerprint density at radius 1 is 1.30 bits per heavy atom. The third kappa shape index (κ3) is 4.34. The van der Waals surface area contributed by atoms with Crippen molar-refractivity contribution < 1.29 is 18.7 Å². The van der Waals surface area contributed by atoms with Crippen LogP contribution < -0.4 is 4.74 Å². The number of benzene rings is 1. The van der Waals surface area contributed by atoms with Crippen LogP contribution in [0.15, 0.2) is 12.1 Å². The van der Waals surface area contributed by atoms with E-state index in [0.29, 0.717) is 12.1 Å². The molecule has 0 amide bonds. The van der Waals surface area contributed by atoms with Gasteiger partial charge in [0.25, 0.3) is 0 Å². The number of carbonyl (C=O) groups excluding carboxylic acids is 1. The number of fused-ring (bicyclic) bond motifs is 1. The normalized spacial score (nSPS) is 11.7. The molecule has 1 N–H and O–H groups in total. The van der Waals surface area contributed by atoms with Crippen molar-refractivity contribution in [3.05, 3.63) is 29.2 Å². The highest BCUT2D eigenvalue weighted by atomic mass is 28.3. The van der Waals surface area contributed by atoms with Gasteiger partial charge in [-0.1, -0.05) is 19.6 Å². The number of H-pyrrole nitrogens is 1. The van der Waals surface area contributed by atoms with E-state index in [1.807, 2.05) is 6.92 Å². The Morgan fingerprint density at radius 3 is 2.61 bits per heavy atom. The molecule has 1 aromatic heterocycles. The Bertz CT molecular complexity index is 719. The van der Waals surface area contributed by atoms with Crippen LogP contribution >= 0.6 is 0 Å². The molecule has 1 aromatic carbocycles. The molecule has 0 fully saturated rings. The maximum atomic E-state index is 13.8. The van der Waals surface area contributed by atoms with Crippen molar-refractivity contribution >= 4 is 24.9 Å². The number of carbonyl (C=O) groups is 1. The van der Waals surface area contributed by atoms with Crippen molar-refractivity contribution in [2.24, 2.45) is 0 Å². The number of ether oxygens (including phenoxy) is 2. The lowest BCUT2D eigenvalue weighted by Gasteiger charge is -2.15. The molecule has 0 aliphatic rings. The van der Waals surface area contributed by atoms with Crippen LogP contribution in [0.1, 0.15) is 11.3 Å². The summed E-state index contributed by atoms with van der Waals surface area (Å²) in [6.07, 6.45) is 0.173. The summed E-state index contributed by atoms with van der Waals surface area (Å²) in [6, 6.07) is 3.96. The highest BCUT2D eigenvalue weighted by Crippen LogP contribution is 2.29. The van der Waals surface area contributed by atoms with Gasteiger partial charge in [0.15, 0.2) is 11.6 Å². The molecular weight excluding hydrogens is 313 g/mol. The number of rotatable bonds is 6. The summed E-state index contributed by atoms with van der Waals surface area (Å²) in [6.45, 7) is 9.06. The molecule has 2 aromatic rings. The monoisotopic (exact) mass is 337 g/mol. The van der Waals surface area contributed by atoms with Gasteiger partial charge >= 0.3 is 5.97 Å². The van der Waals surface area contributed by atoms with Crippen LogP contribution in [0.3, 0.4) is 0 Å². The van der Waals surface area contributed by atoms with Crippen LogP contribution in [0.5, 0.6) is 5.75 Å². The summed E-state index contributed by atoms with van der Waals surface area (Å²) in [4.78, 5) is 15.2. The second-order valence-electron chi connectivity index (χ2n) is 6.97. The SMILES string of the molecule is COc1cc2c(CC(=O)OCC[Si](C)(C)C)c(C)[nH]c2cc1F. The molecule has 0 saturated heterocycles. The van der Waals surface area contributed by atoms with E-state index in [2.05, 4.69) is 24.6 Å². The van der Waals surface area contributed by atoms with Crippen LogP contribution in [-0.4, -0.2) is 32.7 Å². The minimum atomic E-state index is -1.22. The van der Waals surface area contributed by atoms with E-state index >= 15 is 0 Å². The summed E-state index contributed by atoms with van der Waals surface area (Å²) in [5.74, 6) is -0.508. The fraction of sp³-hybridized carbons (Fsp3) is 0.471. The number of hydrogen-bond donors (Lipinski definition) is 1. The van der Waals surface area contributed by atoms with Crippen molar-refractivity contribution in [2.75, 3.05) is 13.7 Å². The molecule has 0 aliphatic heterocycles. The number of methoxy groups -OCH3 is 1. The fourth-order valence-electron chi connectivity index (χ4n) is 2.44. The molecule has 4 nitrogen and oxygen atoms in total. The number of aromatic nitrogens is 1. The van der Waals surface area contributed by atoms with E-state index in [4.69, 9.17) is 9.47 Å². The number of halogens is 1. The van der Waals surface area contributed by atoms with Crippen LogP contribution in [-0.2, 0) is 16.0 Å². The summed E-state index contributed by atoms with van der Waals surface area (Å²) >= 11 is 0. The number of hydrogen-bond acceptors (Lipinski definition) is 3. The zero-order chi connectivity index (χ0) is 17.2. The van der Waals surface area contributed by atoms with Gasteiger partial charge in [-0.2, -0.15) is 0 Å². The molecule has 0 aliphatic carbocycles. The van der Waals surface area contributed by atoms with E-state index in [1.165, 1.54) is 13.2 Å². The second-order valence-corrected chi connectivity index (χ2v) is 12.6. The van der Waals surface area contributed by atoms with Crippen molar-refractivity contribution in [3.8, 4) is 5.75 Å². The van der Waals surface area contributed by atoms with Gasteiger partial charge in [0, 0.05) is 30.7 Å². The number of aromatic amines is 1. The third-order valence-corrected chi connectivity index (χ3v) is 5.53. The Morgan fingerprint density at radius 2 is 2.00 bits per heavy atom. The lowest BCUT2D eigenvalue weighted by atomic mass is 10.1. The van der Waals surface area contributed by atoms with Gasteiger partial charge in [-0.25, -0.2) is 4.39 Å². The van der Waals surface area contributed by atoms with E-state index in [-0.39, 0.29) is 18.1 Å². The summed E-state index contributed by atoms with van der Waals surface area (Å²) in [5, 5.41) is 0.794. The molecule has 6 heteroatoms. The number of aryl methyl sites for hydroxylation is 1. The van der Waals surface area contributed by atoms with E-state index in [0.717, 1.165) is 22.7 Å². The Labute approximate surface area is 137 Å². The highest BCUT2D eigenvalue weighted by molar-refractivity contribution is 6.76. The highest BCUT2D eigenvalue weighted by Gasteiger charge is 2.18. The lowest BCUT2D eigenvalue weighted by molar-refractivity contribution is -0.142. The van der Waals surface area contributed by atoms with Crippen molar-refractivity contribution in [1.29, 1.82) is 0 Å². The molecule has 126 valence electrons. The van der Waals surface area contributed by atoms with Crippen LogP contribution in [0.2, 0.25) is 25.7 Å². The molecule has 0 unspecified atom stereocenters. The molecule has 1 heterocycles. The lowest BCUT2D eigenvalue weighted by Crippen LogP contribution is -2.23. The largest absolute Gasteiger partial charge is 0.494 e. The minimum Gasteiger partial charge on any atom is -0.494 e. The number of esters is 1. The van der Waals surface area contributed by atoms with E-state index < -0.39 is 13.9 Å². The van der Waals surface area contributed by atoms with Crippen molar-refractivity contribution in [3.63, 3.8) is 0 Å². The molecule has 2 rings (SSSR count). The molecule has 0 atom stereocenters. The third-order valence-electron chi connectivity index (χ3n) is 3.83. The van der Waals surface area contributed by atoms with Crippen LogP contribution in [0.4, 0.5) is 4.39 Å². The average Bonchev–Trinajstić information content (AvgIpc) is 2.72. The maximum absolute atomic E-state index is 13.8. The topological polar surface area (TPSA) is 51.3 Å². The Hall–Kier alpha value is -1.82. The summed E-state index contributed by atoms with van der Waals surface area (Å²) < 4.78 is 24.1. The van der Waals surface area contributed by atoms with Gasteiger partial charge in [0.2, 0.25) is 0 Å². The predicted molar refractivity (Wildman–Crippen MR) is 92.4 cm³/mol. The first kappa shape index (κ1) is 17.5. The van der Waals surface area contributed by atoms with Gasteiger partial charge < -0.3 is 14.5 Å². The first-order valence-corrected chi connectivity index (χ1v) is 11.4. The number of nitrogens with one attached hydrogen (secondary N) is 1. The quantitative estimate of drug-likeness (QED) is 0.639. The van der Waals surface area contributed by atoms with Crippen molar-refractivity contribution in [2.45, 2.75) is 39.0 Å². The molecule has 0 bridgehead atoms. The second kappa shape index (κ2) is 6.74. The molecule has 0 saturated carbocycles. The molecule has 23 heavy (non-hydrogen) atoms. The first-order chi connectivity index (χ1) is 10.7. The van der Waals surface area contributed by atoms with E-state index in [9.17, 15) is 9.18 Å². The zero-order valence-corrected chi connectivity index (χ0v) is 15.4. The standard InChI is InChI=1S/C17H24FNO3Si/c1-11-12(9-17(20)22-6-7-23(3,4)5)13-8-16(21-2)14(18)10-15(13)19-11/h8,10,19H,6-7,9H2,1-5H3. The Kier molecular flexibility index (Phi) is 5.14. The fourth-order valence-corrected chi connectivity index (χ4v) is 3.15. The van der Waals surface area contributed by atoms with Gasteiger partial charge in [-0.3, -0.25) is 4.79 Å². The maximum Gasteiger partial charge on any atom is 0.310 e. The molecular formula is C17H24FNO3Si. The minimum absolute atomic E-state index is 0.171. The van der Waals surface area contributed by atoms with Gasteiger partial charge in [-0.15, -0.1) is 0 Å². The predicted octanol–water partition coefficient (Wildman–Crippen LogP) is 4.05. The summed E-state index contributed by atoms with van der Waals surface area (Å²) in [7, 11) is 0.207. The van der Waals surface area contributed by atoms with Crippen LogP contribution in [0.25, 0.3) is 10.9 Å². The smallest absolute Gasteiger partial charge is 0.310 e. The average molecular weight is 337 g/mol. The van der Waals surface area contributed by atoms with Crippen LogP contribution in [0, 0.1) is 12.7 Å². The molecule has 0 radical (unpaired) electrons. The van der Waals surface area contributed by atoms with Gasteiger partial charge in [0.05, 0.1) is 20.1 Å². The zero-order valence-electron chi connectivity index (χ0n) is 14.4. The Balaban J connectivity index is 2.16. The van der Waals surface area contributed by atoms with Crippen molar-refractivity contribution in [1.82, 2.24) is 4.98 Å².